The molecule has 1 unspecified atom stereocenters. The van der Waals surface area contributed by atoms with Crippen LogP contribution in [0.4, 0.5) is 13.2 Å². The fourth-order valence-corrected chi connectivity index (χ4v) is 2.89. The summed E-state index contributed by atoms with van der Waals surface area (Å²) in [5, 5.41) is 16.5. The van der Waals surface area contributed by atoms with E-state index < -0.39 is 17.8 Å². The molecule has 0 amide bonds. The molecule has 1 aromatic rings. The third kappa shape index (κ3) is 7.70. The highest BCUT2D eigenvalue weighted by atomic mass is 35.5. The normalized spacial score (nSPS) is 17.5. The zero-order valence-electron chi connectivity index (χ0n) is 14.1. The highest BCUT2D eigenvalue weighted by Gasteiger charge is 2.30. The molecule has 9 heteroatoms. The zero-order valence-corrected chi connectivity index (χ0v) is 15.7. The number of benzene rings is 1. The molecule has 1 aromatic carbocycles. The molecule has 148 valence electrons. The van der Waals surface area contributed by atoms with Crippen molar-refractivity contribution in [3.63, 3.8) is 0 Å². The highest BCUT2D eigenvalue weighted by molar-refractivity contribution is 6.69. The fourth-order valence-electron chi connectivity index (χ4n) is 2.72. The number of aliphatic hydroxyl groups is 1. The van der Waals surface area contributed by atoms with Crippen LogP contribution in [0.15, 0.2) is 29.4 Å². The van der Waals surface area contributed by atoms with Gasteiger partial charge in [-0.15, -0.1) is 12.4 Å². The lowest BCUT2D eigenvalue weighted by molar-refractivity contribution is -0.137. The van der Waals surface area contributed by atoms with E-state index in [2.05, 4.69) is 10.5 Å². The van der Waals surface area contributed by atoms with Crippen molar-refractivity contribution in [3.8, 4) is 0 Å². The second-order valence-electron chi connectivity index (χ2n) is 6.15. The number of hydrogen-bond acceptors (Lipinski definition) is 4. The maximum Gasteiger partial charge on any atom is 0.416 e. The maximum atomic E-state index is 12.7. The fraction of sp³-hybridized carbons (Fsp3) is 0.588. The Balaban J connectivity index is 0.00000338. The summed E-state index contributed by atoms with van der Waals surface area (Å²) in [5.41, 5.74) is -0.707. The van der Waals surface area contributed by atoms with Crippen LogP contribution in [0.1, 0.15) is 43.2 Å². The van der Waals surface area contributed by atoms with Crippen molar-refractivity contribution in [1.29, 1.82) is 0 Å². The van der Waals surface area contributed by atoms with Crippen LogP contribution in [-0.4, -0.2) is 35.6 Å². The van der Waals surface area contributed by atoms with Crippen LogP contribution in [0.25, 0.3) is 0 Å². The van der Waals surface area contributed by atoms with Crippen molar-refractivity contribution >= 4 is 29.2 Å². The Morgan fingerprint density at radius 2 is 2.00 bits per heavy atom. The summed E-state index contributed by atoms with van der Waals surface area (Å²) in [6.45, 7) is 0.288. The number of nitrogens with zero attached hydrogens (tertiary/aromatic N) is 1. The molecule has 1 atom stereocenters. The topological polar surface area (TPSA) is 53.8 Å². The molecule has 0 bridgehead atoms. The first-order valence-electron chi connectivity index (χ1n) is 8.31. The standard InChI is InChI=1S/C17H22ClF3N2O2.ClH/c18-16(12-5-4-6-13(9-12)17(19,20)21)23-25-11-15(24)10-22-14-7-2-1-3-8-14;/h4-6,9,14-15,22,24H,1-3,7-8,10-11H2;1H/b23-16-;. The van der Waals surface area contributed by atoms with Crippen LogP contribution in [0.5, 0.6) is 0 Å². The molecule has 1 saturated carbocycles. The van der Waals surface area contributed by atoms with Crippen LogP contribution in [0.2, 0.25) is 0 Å². The smallest absolute Gasteiger partial charge is 0.392 e. The highest BCUT2D eigenvalue weighted by Crippen LogP contribution is 2.29. The third-order valence-corrected chi connectivity index (χ3v) is 4.37. The van der Waals surface area contributed by atoms with Gasteiger partial charge in [-0.1, -0.05) is 48.2 Å². The first-order chi connectivity index (χ1) is 11.9. The van der Waals surface area contributed by atoms with Gasteiger partial charge in [-0.2, -0.15) is 13.2 Å². The summed E-state index contributed by atoms with van der Waals surface area (Å²) < 4.78 is 38.0. The van der Waals surface area contributed by atoms with Gasteiger partial charge in [-0.25, -0.2) is 0 Å². The quantitative estimate of drug-likeness (QED) is 0.515. The lowest BCUT2D eigenvalue weighted by Crippen LogP contribution is -2.38. The Bertz CT molecular complexity index is 579. The predicted octanol–water partition coefficient (Wildman–Crippen LogP) is 4.33. The molecule has 1 aliphatic rings. The van der Waals surface area contributed by atoms with Gasteiger partial charge in [-0.05, 0) is 25.0 Å². The zero-order chi connectivity index (χ0) is 18.3. The molecule has 2 rings (SSSR count). The van der Waals surface area contributed by atoms with E-state index >= 15 is 0 Å². The lowest BCUT2D eigenvalue weighted by atomic mass is 9.95. The summed E-state index contributed by atoms with van der Waals surface area (Å²) in [5.74, 6) is 0. The molecule has 26 heavy (non-hydrogen) atoms. The number of nitrogens with one attached hydrogen (secondary N) is 1. The van der Waals surface area contributed by atoms with Gasteiger partial charge < -0.3 is 15.3 Å². The average Bonchev–Trinajstić information content (AvgIpc) is 2.60. The Hall–Kier alpha value is -1.02. The van der Waals surface area contributed by atoms with Gasteiger partial charge in [0.05, 0.1) is 5.56 Å². The summed E-state index contributed by atoms with van der Waals surface area (Å²) in [7, 11) is 0. The Labute approximate surface area is 162 Å². The molecule has 4 nitrogen and oxygen atoms in total. The van der Waals surface area contributed by atoms with E-state index in [0.717, 1.165) is 25.0 Å². The Kier molecular flexibility index (Phi) is 9.71. The summed E-state index contributed by atoms with van der Waals surface area (Å²) in [6.07, 6.45) is 0.640. The van der Waals surface area contributed by atoms with Gasteiger partial charge in [0, 0.05) is 18.2 Å². The Morgan fingerprint density at radius 1 is 1.31 bits per heavy atom. The molecule has 0 saturated heterocycles. The molecule has 0 heterocycles. The molecular weight excluding hydrogens is 392 g/mol. The molecule has 1 aliphatic carbocycles. The summed E-state index contributed by atoms with van der Waals surface area (Å²) >= 11 is 5.87. The second kappa shape index (κ2) is 11.0. The van der Waals surface area contributed by atoms with E-state index in [9.17, 15) is 18.3 Å². The second-order valence-corrected chi connectivity index (χ2v) is 6.51. The van der Waals surface area contributed by atoms with Crippen LogP contribution < -0.4 is 5.32 Å². The molecule has 0 aromatic heterocycles. The molecule has 1 fully saturated rings. The van der Waals surface area contributed by atoms with Crippen LogP contribution in [0, 0.1) is 0 Å². The monoisotopic (exact) mass is 414 g/mol. The van der Waals surface area contributed by atoms with Crippen molar-refractivity contribution in [3.05, 3.63) is 35.4 Å². The molecule has 0 aliphatic heterocycles. The van der Waals surface area contributed by atoms with Crippen LogP contribution in [-0.2, 0) is 11.0 Å². The first-order valence-corrected chi connectivity index (χ1v) is 8.68. The predicted molar refractivity (Wildman–Crippen MR) is 97.9 cm³/mol. The van der Waals surface area contributed by atoms with Gasteiger partial charge in [0.1, 0.15) is 12.7 Å². The SMILES string of the molecule is Cl.OC(CNC1CCCCC1)CO/N=C(\Cl)c1cccc(C(F)(F)F)c1. The minimum absolute atomic E-state index is 0. The van der Waals surface area contributed by atoms with Gasteiger partial charge in [-0.3, -0.25) is 0 Å². The first kappa shape index (κ1) is 23.0. The number of halogens is 5. The van der Waals surface area contributed by atoms with Crippen molar-refractivity contribution < 1.29 is 23.1 Å². The minimum atomic E-state index is -4.45. The number of aliphatic hydroxyl groups excluding tert-OH is 1. The Morgan fingerprint density at radius 3 is 2.65 bits per heavy atom. The van der Waals surface area contributed by atoms with Crippen molar-refractivity contribution in [2.75, 3.05) is 13.2 Å². The number of alkyl halides is 3. The molecule has 0 spiro atoms. The van der Waals surface area contributed by atoms with E-state index in [4.69, 9.17) is 16.4 Å². The van der Waals surface area contributed by atoms with E-state index in [1.165, 1.54) is 31.4 Å². The number of hydrogen-bond donors (Lipinski definition) is 2. The van der Waals surface area contributed by atoms with E-state index in [1.807, 2.05) is 0 Å². The van der Waals surface area contributed by atoms with Crippen LogP contribution in [0.3, 0.4) is 0 Å². The van der Waals surface area contributed by atoms with E-state index in [1.54, 1.807) is 0 Å². The van der Waals surface area contributed by atoms with Gasteiger partial charge in [0.25, 0.3) is 0 Å². The number of rotatable bonds is 7. The third-order valence-electron chi connectivity index (χ3n) is 4.09. The summed E-state index contributed by atoms with van der Waals surface area (Å²) in [4.78, 5) is 4.96. The average molecular weight is 415 g/mol. The van der Waals surface area contributed by atoms with Gasteiger partial charge >= 0.3 is 6.18 Å². The van der Waals surface area contributed by atoms with Gasteiger partial charge in [0.15, 0.2) is 5.17 Å². The molecule has 2 N–H and O–H groups in total. The summed E-state index contributed by atoms with van der Waals surface area (Å²) in [6, 6.07) is 4.93. The van der Waals surface area contributed by atoms with Crippen molar-refractivity contribution in [2.24, 2.45) is 5.16 Å². The maximum absolute atomic E-state index is 12.7. The van der Waals surface area contributed by atoms with Crippen LogP contribution >= 0.6 is 24.0 Å². The minimum Gasteiger partial charge on any atom is -0.392 e. The van der Waals surface area contributed by atoms with E-state index in [-0.39, 0.29) is 29.7 Å². The lowest BCUT2D eigenvalue weighted by Gasteiger charge is -2.23. The molecular formula is C17H23Cl2F3N2O2. The van der Waals surface area contributed by atoms with E-state index in [0.29, 0.717) is 12.6 Å². The van der Waals surface area contributed by atoms with Gasteiger partial charge in [0.2, 0.25) is 0 Å². The van der Waals surface area contributed by atoms with Crippen molar-refractivity contribution in [1.82, 2.24) is 5.32 Å². The van der Waals surface area contributed by atoms with Crippen molar-refractivity contribution in [2.45, 2.75) is 50.4 Å². The largest absolute Gasteiger partial charge is 0.416 e. The molecule has 0 radical (unpaired) electrons. The number of oxime groups is 1.